The second kappa shape index (κ2) is 5.78. The van der Waals surface area contributed by atoms with Gasteiger partial charge in [-0.3, -0.25) is 0 Å². The third-order valence-corrected chi connectivity index (χ3v) is 5.67. The van der Waals surface area contributed by atoms with Gasteiger partial charge in [0.2, 0.25) is 0 Å². The zero-order chi connectivity index (χ0) is 16.8. The van der Waals surface area contributed by atoms with Gasteiger partial charge in [0.25, 0.3) is 0 Å². The van der Waals surface area contributed by atoms with Crippen LogP contribution in [0.3, 0.4) is 0 Å². The van der Waals surface area contributed by atoms with Crippen molar-refractivity contribution >= 4 is 18.4 Å². The summed E-state index contributed by atoms with van der Waals surface area (Å²) in [5.41, 5.74) is 1.58. The quantitative estimate of drug-likeness (QED) is 0.786. The largest absolute Gasteiger partial charge is 0.496 e. The fourth-order valence-corrected chi connectivity index (χ4v) is 3.41. The van der Waals surface area contributed by atoms with Gasteiger partial charge >= 0.3 is 7.12 Å². The van der Waals surface area contributed by atoms with Gasteiger partial charge in [-0.25, -0.2) is 4.98 Å². The highest BCUT2D eigenvalue weighted by Crippen LogP contribution is 2.36. The molecule has 0 unspecified atom stereocenters. The molecule has 0 spiro atoms. The van der Waals surface area contributed by atoms with Crippen LogP contribution in [0, 0.1) is 6.92 Å². The van der Waals surface area contributed by atoms with Crippen LogP contribution in [0.4, 0.5) is 5.82 Å². The summed E-state index contributed by atoms with van der Waals surface area (Å²) in [6.07, 6.45) is 5.75. The molecule has 2 aliphatic rings. The van der Waals surface area contributed by atoms with E-state index in [9.17, 15) is 0 Å². The van der Waals surface area contributed by atoms with E-state index in [1.807, 2.05) is 6.20 Å². The van der Waals surface area contributed by atoms with E-state index < -0.39 is 0 Å². The molecule has 4 nitrogen and oxygen atoms in total. The van der Waals surface area contributed by atoms with Crippen molar-refractivity contribution in [3.8, 4) is 0 Å². The number of nitrogens with zero attached hydrogens (tertiary/aromatic N) is 2. The van der Waals surface area contributed by atoms with Gasteiger partial charge in [0, 0.05) is 24.2 Å². The van der Waals surface area contributed by atoms with E-state index in [2.05, 4.69) is 52.5 Å². The molecule has 2 fully saturated rings. The molecular weight excluding hydrogens is 287 g/mol. The summed E-state index contributed by atoms with van der Waals surface area (Å²) < 4.78 is 12.3. The molecule has 2 aliphatic heterocycles. The van der Waals surface area contributed by atoms with Gasteiger partial charge in [0.05, 0.1) is 11.2 Å². The Morgan fingerprint density at radius 3 is 2.39 bits per heavy atom. The fourth-order valence-electron chi connectivity index (χ4n) is 3.41. The average Bonchev–Trinajstić information content (AvgIpc) is 2.68. The van der Waals surface area contributed by atoms with Gasteiger partial charge in [-0.05, 0) is 66.4 Å². The first-order valence-corrected chi connectivity index (χ1v) is 8.80. The number of rotatable bonds is 2. The molecule has 0 N–H and O–H groups in total. The molecule has 0 amide bonds. The minimum atomic E-state index is -0.334. The highest BCUT2D eigenvalue weighted by Gasteiger charge is 2.51. The summed E-state index contributed by atoms with van der Waals surface area (Å²) in [4.78, 5) is 7.20. The minimum Gasteiger partial charge on any atom is -0.399 e. The smallest absolute Gasteiger partial charge is 0.399 e. The molecule has 0 bridgehead atoms. The lowest BCUT2D eigenvalue weighted by atomic mass is 9.79. The van der Waals surface area contributed by atoms with Crippen LogP contribution in [0.15, 0.2) is 12.3 Å². The van der Waals surface area contributed by atoms with Crippen LogP contribution in [0.1, 0.15) is 59.4 Å². The summed E-state index contributed by atoms with van der Waals surface area (Å²) in [5, 5.41) is 0. The van der Waals surface area contributed by atoms with E-state index in [0.717, 1.165) is 17.8 Å². The lowest BCUT2D eigenvalue weighted by Gasteiger charge is -2.35. The maximum absolute atomic E-state index is 6.14. The summed E-state index contributed by atoms with van der Waals surface area (Å²) in [6.45, 7) is 13.9. The number of piperidine rings is 1. The monoisotopic (exact) mass is 316 g/mol. The average molecular weight is 316 g/mol. The Morgan fingerprint density at radius 2 is 1.83 bits per heavy atom. The summed E-state index contributed by atoms with van der Waals surface area (Å²) in [6, 6.07) is 2.74. The molecule has 1 aromatic heterocycles. The van der Waals surface area contributed by atoms with Crippen LogP contribution < -0.4 is 10.4 Å². The first-order valence-electron chi connectivity index (χ1n) is 8.80. The second-order valence-corrected chi connectivity index (χ2v) is 8.04. The van der Waals surface area contributed by atoms with Crippen LogP contribution in [-0.4, -0.2) is 35.9 Å². The first-order chi connectivity index (χ1) is 10.7. The Hall–Kier alpha value is -1.07. The Bertz CT molecular complexity index is 572. The Morgan fingerprint density at radius 1 is 1.17 bits per heavy atom. The van der Waals surface area contributed by atoms with Gasteiger partial charge in [-0.2, -0.15) is 0 Å². The number of pyridine rings is 1. The predicted octanol–water partition coefficient (Wildman–Crippen LogP) is 3.07. The summed E-state index contributed by atoms with van der Waals surface area (Å²) in [7, 11) is -0.334. The van der Waals surface area contributed by atoms with Crippen molar-refractivity contribution in [2.45, 2.75) is 78.0 Å². The van der Waals surface area contributed by atoms with Crippen LogP contribution in [-0.2, 0) is 9.31 Å². The molecule has 0 aromatic carbocycles. The van der Waals surface area contributed by atoms with Gasteiger partial charge in [-0.1, -0.05) is 6.07 Å². The maximum atomic E-state index is 6.14. The normalized spacial score (nSPS) is 26.6. The molecule has 0 aliphatic carbocycles. The molecular formula is C18H29BN2O2. The van der Waals surface area contributed by atoms with Crippen LogP contribution in [0.5, 0.6) is 0 Å². The van der Waals surface area contributed by atoms with Gasteiger partial charge < -0.3 is 14.2 Å². The maximum Gasteiger partial charge on any atom is 0.496 e. The number of hydrogen-bond acceptors (Lipinski definition) is 4. The molecule has 23 heavy (non-hydrogen) atoms. The van der Waals surface area contributed by atoms with Crippen molar-refractivity contribution < 1.29 is 9.31 Å². The van der Waals surface area contributed by atoms with Crippen molar-refractivity contribution in [1.29, 1.82) is 0 Å². The number of aromatic nitrogens is 1. The highest BCUT2D eigenvalue weighted by atomic mass is 16.7. The Kier molecular flexibility index (Phi) is 4.22. The Labute approximate surface area is 140 Å². The summed E-state index contributed by atoms with van der Waals surface area (Å²) in [5.74, 6) is 1.11. The van der Waals surface area contributed by atoms with E-state index in [-0.39, 0.29) is 18.3 Å². The van der Waals surface area contributed by atoms with Gasteiger partial charge in [0.1, 0.15) is 5.82 Å². The van der Waals surface area contributed by atoms with E-state index in [4.69, 9.17) is 14.3 Å². The van der Waals surface area contributed by atoms with E-state index in [1.165, 1.54) is 24.8 Å². The van der Waals surface area contributed by atoms with Crippen molar-refractivity contribution in [2.24, 2.45) is 0 Å². The van der Waals surface area contributed by atoms with Crippen molar-refractivity contribution in [3.63, 3.8) is 0 Å². The van der Waals surface area contributed by atoms with Crippen LogP contribution >= 0.6 is 0 Å². The standard InChI is InChI=1S/C18H29BN2O2/c1-13-11-15(19-22-17(3,4)18(5,6)23-19)12-20-16(13)21-10-8-7-9-14(21)2/h11-12,14H,7-10H2,1-6H3/t14-/m1/s1. The highest BCUT2D eigenvalue weighted by molar-refractivity contribution is 6.62. The molecule has 126 valence electrons. The van der Waals surface area contributed by atoms with Crippen molar-refractivity contribution in [2.75, 3.05) is 11.4 Å². The zero-order valence-electron chi connectivity index (χ0n) is 15.3. The number of anilines is 1. The molecule has 1 atom stereocenters. The molecule has 3 rings (SSSR count). The topological polar surface area (TPSA) is 34.6 Å². The van der Waals surface area contributed by atoms with Crippen molar-refractivity contribution in [3.05, 3.63) is 17.8 Å². The van der Waals surface area contributed by atoms with Gasteiger partial charge in [-0.15, -0.1) is 0 Å². The SMILES string of the molecule is Cc1cc(B2OC(C)(C)C(C)(C)O2)cnc1N1CCCC[C@H]1C. The second-order valence-electron chi connectivity index (χ2n) is 8.04. The first kappa shape index (κ1) is 16.8. The van der Waals surface area contributed by atoms with E-state index in [0.29, 0.717) is 6.04 Å². The molecule has 0 saturated carbocycles. The summed E-state index contributed by atoms with van der Waals surface area (Å²) >= 11 is 0. The van der Waals surface area contributed by atoms with Crippen LogP contribution in [0.2, 0.25) is 0 Å². The molecule has 2 saturated heterocycles. The molecule has 1 aromatic rings. The molecule has 5 heteroatoms. The fraction of sp³-hybridized carbons (Fsp3) is 0.722. The zero-order valence-corrected chi connectivity index (χ0v) is 15.3. The molecule has 0 radical (unpaired) electrons. The Balaban J connectivity index is 1.83. The minimum absolute atomic E-state index is 0.314. The number of aryl methyl sites for hydroxylation is 1. The van der Waals surface area contributed by atoms with E-state index >= 15 is 0 Å². The third kappa shape index (κ3) is 3.01. The number of hydrogen-bond donors (Lipinski definition) is 0. The van der Waals surface area contributed by atoms with Gasteiger partial charge in [0.15, 0.2) is 0 Å². The van der Waals surface area contributed by atoms with Crippen LogP contribution in [0.25, 0.3) is 0 Å². The van der Waals surface area contributed by atoms with E-state index in [1.54, 1.807) is 0 Å². The molecule has 3 heterocycles. The van der Waals surface area contributed by atoms with Crippen molar-refractivity contribution in [1.82, 2.24) is 4.98 Å². The third-order valence-electron chi connectivity index (χ3n) is 5.67. The predicted molar refractivity (Wildman–Crippen MR) is 95.3 cm³/mol. The lowest BCUT2D eigenvalue weighted by molar-refractivity contribution is 0.00578. The lowest BCUT2D eigenvalue weighted by Crippen LogP contribution is -2.41.